The summed E-state index contributed by atoms with van der Waals surface area (Å²) in [4.78, 5) is 12.1. The average molecular weight is 311 g/mol. The zero-order valence-electron chi connectivity index (χ0n) is 13.4. The smallest absolute Gasteiger partial charge is 0.235 e. The molecule has 5 heteroatoms. The molecule has 2 atom stereocenters. The molecule has 1 aromatic rings. The van der Waals surface area contributed by atoms with E-state index in [1.807, 2.05) is 52.0 Å². The van der Waals surface area contributed by atoms with E-state index in [0.717, 1.165) is 11.3 Å². The SMILES string of the molecule is CCOc1ccccc1C[S@@](=O)[C@@H](C)C(=O)NC(C)(C)C. The van der Waals surface area contributed by atoms with Gasteiger partial charge in [-0.05, 0) is 40.7 Å². The highest BCUT2D eigenvalue weighted by atomic mass is 32.2. The Morgan fingerprint density at radius 2 is 1.95 bits per heavy atom. The first-order chi connectivity index (χ1) is 9.74. The number of ether oxygens (including phenoxy) is 1. The highest BCUT2D eigenvalue weighted by Gasteiger charge is 2.24. The van der Waals surface area contributed by atoms with Crippen LogP contribution < -0.4 is 10.1 Å². The van der Waals surface area contributed by atoms with Crippen LogP contribution in [0, 0.1) is 0 Å². The number of amides is 1. The first-order valence-corrected chi connectivity index (χ1v) is 8.52. The van der Waals surface area contributed by atoms with Gasteiger partial charge in [-0.1, -0.05) is 18.2 Å². The second-order valence-electron chi connectivity index (χ2n) is 5.95. The van der Waals surface area contributed by atoms with Crippen LogP contribution in [-0.2, 0) is 21.3 Å². The van der Waals surface area contributed by atoms with Gasteiger partial charge in [-0.25, -0.2) is 0 Å². The molecular weight excluding hydrogens is 286 g/mol. The van der Waals surface area contributed by atoms with E-state index in [-0.39, 0.29) is 11.4 Å². The van der Waals surface area contributed by atoms with Crippen molar-refractivity contribution in [2.45, 2.75) is 51.2 Å². The molecule has 0 bridgehead atoms. The van der Waals surface area contributed by atoms with E-state index in [1.165, 1.54) is 0 Å². The molecule has 0 saturated heterocycles. The third kappa shape index (κ3) is 5.87. The van der Waals surface area contributed by atoms with E-state index in [9.17, 15) is 9.00 Å². The highest BCUT2D eigenvalue weighted by Crippen LogP contribution is 2.20. The van der Waals surface area contributed by atoms with Crippen LogP contribution in [0.25, 0.3) is 0 Å². The number of hydrogen-bond donors (Lipinski definition) is 1. The van der Waals surface area contributed by atoms with Crippen LogP contribution in [0.5, 0.6) is 5.75 Å². The summed E-state index contributed by atoms with van der Waals surface area (Å²) in [7, 11) is -1.29. The van der Waals surface area contributed by atoms with Crippen LogP contribution in [-0.4, -0.2) is 27.5 Å². The van der Waals surface area contributed by atoms with Crippen LogP contribution in [0.3, 0.4) is 0 Å². The highest BCUT2D eigenvalue weighted by molar-refractivity contribution is 7.85. The number of benzene rings is 1. The van der Waals surface area contributed by atoms with E-state index >= 15 is 0 Å². The van der Waals surface area contributed by atoms with Crippen molar-refractivity contribution in [1.82, 2.24) is 5.32 Å². The minimum absolute atomic E-state index is 0.185. The normalized spacial score (nSPS) is 14.3. The maximum absolute atomic E-state index is 12.4. The van der Waals surface area contributed by atoms with Gasteiger partial charge < -0.3 is 10.1 Å². The summed E-state index contributed by atoms with van der Waals surface area (Å²) in [5.41, 5.74) is 0.548. The molecule has 0 saturated carbocycles. The van der Waals surface area contributed by atoms with Gasteiger partial charge in [-0.2, -0.15) is 0 Å². The summed E-state index contributed by atoms with van der Waals surface area (Å²) >= 11 is 0. The van der Waals surface area contributed by atoms with Crippen molar-refractivity contribution >= 4 is 16.7 Å². The van der Waals surface area contributed by atoms with Gasteiger partial charge in [-0.15, -0.1) is 0 Å². The van der Waals surface area contributed by atoms with Crippen LogP contribution in [0.4, 0.5) is 0 Å². The standard InChI is InChI=1S/C16H25NO3S/c1-6-20-14-10-8-7-9-13(14)11-21(19)12(2)15(18)17-16(3,4)5/h7-10,12H,6,11H2,1-5H3,(H,17,18)/t12-,21+/m0/s1. The second kappa shape index (κ2) is 7.59. The van der Waals surface area contributed by atoms with Crippen LogP contribution in [0.2, 0.25) is 0 Å². The Morgan fingerprint density at radius 1 is 1.33 bits per heavy atom. The van der Waals surface area contributed by atoms with Gasteiger partial charge in [0, 0.05) is 21.9 Å². The molecule has 1 rings (SSSR count). The summed E-state index contributed by atoms with van der Waals surface area (Å²) in [6.07, 6.45) is 0. The molecule has 0 aliphatic carbocycles. The van der Waals surface area contributed by atoms with Crippen LogP contribution in [0.15, 0.2) is 24.3 Å². The fourth-order valence-electron chi connectivity index (χ4n) is 1.79. The molecule has 0 heterocycles. The Labute approximate surface area is 129 Å². The molecule has 0 fully saturated rings. The lowest BCUT2D eigenvalue weighted by molar-refractivity contribution is -0.121. The first kappa shape index (κ1) is 17.7. The summed E-state index contributed by atoms with van der Waals surface area (Å²) in [6, 6.07) is 7.51. The molecule has 0 aliphatic rings. The van der Waals surface area contributed by atoms with Crippen molar-refractivity contribution in [2.24, 2.45) is 0 Å². The number of hydrogen-bond acceptors (Lipinski definition) is 3. The molecule has 1 N–H and O–H groups in total. The van der Waals surface area contributed by atoms with Gasteiger partial charge in [0.1, 0.15) is 11.0 Å². The molecule has 118 valence electrons. The maximum Gasteiger partial charge on any atom is 0.235 e. The van der Waals surface area contributed by atoms with Crippen molar-refractivity contribution in [3.8, 4) is 5.75 Å². The van der Waals surface area contributed by atoms with Crippen molar-refractivity contribution < 1.29 is 13.7 Å². The molecule has 4 nitrogen and oxygen atoms in total. The zero-order valence-corrected chi connectivity index (χ0v) is 14.3. The number of nitrogens with one attached hydrogen (secondary N) is 1. The number of carbonyl (C=O) groups excluding carboxylic acids is 1. The Bertz CT molecular complexity index is 508. The molecule has 0 aromatic heterocycles. The average Bonchev–Trinajstić information content (AvgIpc) is 2.38. The predicted octanol–water partition coefficient (Wildman–Crippen LogP) is 2.64. The lowest BCUT2D eigenvalue weighted by Gasteiger charge is -2.23. The van der Waals surface area contributed by atoms with E-state index in [0.29, 0.717) is 12.4 Å². The Kier molecular flexibility index (Phi) is 6.40. The zero-order chi connectivity index (χ0) is 16.0. The van der Waals surface area contributed by atoms with E-state index in [4.69, 9.17) is 4.74 Å². The predicted molar refractivity (Wildman–Crippen MR) is 86.8 cm³/mol. The van der Waals surface area contributed by atoms with E-state index in [2.05, 4.69) is 5.32 Å². The molecule has 1 amide bonds. The molecule has 0 spiro atoms. The van der Waals surface area contributed by atoms with Crippen molar-refractivity contribution in [2.75, 3.05) is 6.61 Å². The quantitative estimate of drug-likeness (QED) is 0.878. The molecule has 1 aromatic carbocycles. The number of carbonyl (C=O) groups is 1. The molecule has 0 radical (unpaired) electrons. The minimum atomic E-state index is -1.29. The largest absolute Gasteiger partial charge is 0.494 e. The molecule has 0 aliphatic heterocycles. The van der Waals surface area contributed by atoms with Gasteiger partial charge in [0.15, 0.2) is 0 Å². The van der Waals surface area contributed by atoms with E-state index < -0.39 is 16.0 Å². The topological polar surface area (TPSA) is 55.4 Å². The van der Waals surface area contributed by atoms with Gasteiger partial charge in [0.25, 0.3) is 0 Å². The third-order valence-electron chi connectivity index (χ3n) is 2.83. The molecular formula is C16H25NO3S. The fraction of sp³-hybridized carbons (Fsp3) is 0.562. The molecule has 0 unspecified atom stereocenters. The van der Waals surface area contributed by atoms with Crippen LogP contribution in [0.1, 0.15) is 40.2 Å². The third-order valence-corrected chi connectivity index (χ3v) is 4.43. The van der Waals surface area contributed by atoms with Crippen LogP contribution >= 0.6 is 0 Å². The summed E-state index contributed by atoms with van der Waals surface area (Å²) < 4.78 is 17.9. The lowest BCUT2D eigenvalue weighted by Crippen LogP contribution is -2.46. The minimum Gasteiger partial charge on any atom is -0.494 e. The van der Waals surface area contributed by atoms with Crippen molar-refractivity contribution in [3.63, 3.8) is 0 Å². The monoisotopic (exact) mass is 311 g/mol. The Morgan fingerprint density at radius 3 is 2.52 bits per heavy atom. The second-order valence-corrected chi connectivity index (χ2v) is 7.70. The Hall–Kier alpha value is -1.36. The van der Waals surface area contributed by atoms with Gasteiger partial charge in [-0.3, -0.25) is 9.00 Å². The summed E-state index contributed by atoms with van der Waals surface area (Å²) in [6.45, 7) is 9.89. The number of para-hydroxylation sites is 1. The van der Waals surface area contributed by atoms with Gasteiger partial charge in [0.2, 0.25) is 5.91 Å². The Balaban J connectivity index is 2.75. The fourth-order valence-corrected chi connectivity index (χ4v) is 2.88. The number of rotatable bonds is 6. The van der Waals surface area contributed by atoms with Crippen molar-refractivity contribution in [1.29, 1.82) is 0 Å². The molecule has 21 heavy (non-hydrogen) atoms. The summed E-state index contributed by atoms with van der Waals surface area (Å²) in [5.74, 6) is 0.862. The lowest BCUT2D eigenvalue weighted by atomic mass is 10.1. The summed E-state index contributed by atoms with van der Waals surface area (Å²) in [5, 5.41) is 2.31. The maximum atomic E-state index is 12.4. The first-order valence-electron chi connectivity index (χ1n) is 7.14. The van der Waals surface area contributed by atoms with E-state index in [1.54, 1.807) is 6.92 Å². The van der Waals surface area contributed by atoms with Gasteiger partial charge in [0.05, 0.1) is 12.4 Å². The van der Waals surface area contributed by atoms with Crippen molar-refractivity contribution in [3.05, 3.63) is 29.8 Å². The van der Waals surface area contributed by atoms with Gasteiger partial charge >= 0.3 is 0 Å².